The van der Waals surface area contributed by atoms with Crippen molar-refractivity contribution in [1.29, 1.82) is 0 Å². The number of nitrogens with zero attached hydrogens (tertiary/aromatic N) is 2. The highest BCUT2D eigenvalue weighted by Gasteiger charge is 2.14. The van der Waals surface area contributed by atoms with Crippen molar-refractivity contribution in [1.82, 2.24) is 15.6 Å². The van der Waals surface area contributed by atoms with Crippen LogP contribution in [0.25, 0.3) is 11.5 Å². The van der Waals surface area contributed by atoms with E-state index in [0.29, 0.717) is 5.56 Å². The van der Waals surface area contributed by atoms with E-state index in [1.807, 2.05) is 5.43 Å². The zero-order valence-corrected chi connectivity index (χ0v) is 7.98. The van der Waals surface area contributed by atoms with Crippen LogP contribution < -0.4 is 11.3 Å². The molecule has 7 heteroatoms. The maximum absolute atomic E-state index is 12.9. The molecule has 0 aliphatic heterocycles. The van der Waals surface area contributed by atoms with Crippen molar-refractivity contribution >= 4 is 5.91 Å². The first kappa shape index (κ1) is 10.2. The van der Waals surface area contributed by atoms with E-state index in [-0.39, 0.29) is 11.8 Å². The number of rotatable bonds is 2. The van der Waals surface area contributed by atoms with E-state index in [9.17, 15) is 9.18 Å². The van der Waals surface area contributed by atoms with Crippen molar-refractivity contribution in [3.8, 4) is 11.5 Å². The lowest BCUT2D eigenvalue weighted by atomic mass is 10.2. The number of hydrogen-bond acceptors (Lipinski definition) is 5. The summed E-state index contributed by atoms with van der Waals surface area (Å²) in [5.41, 5.74) is 2.24. The van der Waals surface area contributed by atoms with Crippen LogP contribution in [0.3, 0.4) is 0 Å². The Labute approximate surface area is 89.2 Å². The number of carbonyl (C=O) groups is 1. The smallest absolute Gasteiger partial charge is 0.322 e. The molecular formula is C9H7FN4O2. The lowest BCUT2D eigenvalue weighted by Crippen LogP contribution is -2.30. The normalized spacial score (nSPS) is 10.1. The minimum atomic E-state index is -0.699. The predicted molar refractivity (Wildman–Crippen MR) is 51.3 cm³/mol. The van der Waals surface area contributed by atoms with Crippen LogP contribution in [0.1, 0.15) is 10.7 Å². The van der Waals surface area contributed by atoms with E-state index in [2.05, 4.69) is 10.2 Å². The van der Waals surface area contributed by atoms with Gasteiger partial charge in [-0.15, -0.1) is 10.2 Å². The van der Waals surface area contributed by atoms with Gasteiger partial charge >= 0.3 is 11.8 Å². The van der Waals surface area contributed by atoms with Crippen molar-refractivity contribution in [2.45, 2.75) is 0 Å². The summed E-state index contributed by atoms with van der Waals surface area (Å²) in [5, 5.41) is 7.06. The summed E-state index contributed by atoms with van der Waals surface area (Å²) in [5.74, 6) is 3.54. The number of nitrogens with two attached hydrogens (primary N) is 1. The van der Waals surface area contributed by atoms with E-state index >= 15 is 0 Å². The Kier molecular flexibility index (Phi) is 2.61. The van der Waals surface area contributed by atoms with Gasteiger partial charge in [0.2, 0.25) is 5.89 Å². The minimum Gasteiger partial charge on any atom is -0.412 e. The zero-order chi connectivity index (χ0) is 11.5. The molecule has 1 amide bonds. The lowest BCUT2D eigenvalue weighted by Gasteiger charge is -1.94. The summed E-state index contributed by atoms with van der Waals surface area (Å²) < 4.78 is 17.9. The number of amides is 1. The number of halogens is 1. The molecule has 0 spiro atoms. The fourth-order valence-electron chi connectivity index (χ4n) is 1.11. The molecule has 16 heavy (non-hydrogen) atoms. The molecule has 1 aromatic heterocycles. The number of benzene rings is 1. The summed E-state index contributed by atoms with van der Waals surface area (Å²) in [4.78, 5) is 11.0. The third kappa shape index (κ3) is 1.89. The second-order valence-electron chi connectivity index (χ2n) is 2.90. The lowest BCUT2D eigenvalue weighted by molar-refractivity contribution is 0.0919. The maximum atomic E-state index is 12.9. The molecule has 0 saturated heterocycles. The molecule has 0 unspecified atom stereocenters. The zero-order valence-electron chi connectivity index (χ0n) is 7.98. The van der Waals surface area contributed by atoms with Gasteiger partial charge in [0, 0.05) is 5.56 Å². The van der Waals surface area contributed by atoms with Crippen LogP contribution in [0.5, 0.6) is 0 Å². The molecule has 1 aromatic carbocycles. The van der Waals surface area contributed by atoms with E-state index in [0.717, 1.165) is 0 Å². The standard InChI is InChI=1S/C9H7FN4O2/c10-6-3-1-2-5(4-6)8-13-14-9(16-8)7(15)12-11/h1-4H,11H2,(H,12,15). The Hall–Kier alpha value is -2.28. The van der Waals surface area contributed by atoms with Gasteiger partial charge in [-0.1, -0.05) is 6.07 Å². The Morgan fingerprint density at radius 3 is 2.94 bits per heavy atom. The molecule has 6 nitrogen and oxygen atoms in total. The summed E-state index contributed by atoms with van der Waals surface area (Å²) in [6.07, 6.45) is 0. The van der Waals surface area contributed by atoms with Crippen LogP contribution in [0.15, 0.2) is 28.7 Å². The number of hydrogen-bond donors (Lipinski definition) is 2. The van der Waals surface area contributed by atoms with Gasteiger partial charge in [0.15, 0.2) is 0 Å². The molecule has 0 saturated carbocycles. The Morgan fingerprint density at radius 2 is 2.25 bits per heavy atom. The van der Waals surface area contributed by atoms with Crippen LogP contribution in [0.2, 0.25) is 0 Å². The molecule has 0 bridgehead atoms. The van der Waals surface area contributed by atoms with Crippen molar-refractivity contribution in [3.05, 3.63) is 36.0 Å². The summed E-state index contributed by atoms with van der Waals surface area (Å²) in [6, 6.07) is 5.59. The van der Waals surface area contributed by atoms with E-state index in [4.69, 9.17) is 10.3 Å². The minimum absolute atomic E-state index is 0.0538. The number of aromatic nitrogens is 2. The summed E-state index contributed by atoms with van der Waals surface area (Å²) >= 11 is 0. The molecule has 0 atom stereocenters. The van der Waals surface area contributed by atoms with Crippen molar-refractivity contribution in [3.63, 3.8) is 0 Å². The van der Waals surface area contributed by atoms with Gasteiger partial charge in [-0.05, 0) is 18.2 Å². The summed E-state index contributed by atoms with van der Waals surface area (Å²) in [7, 11) is 0. The average Bonchev–Trinajstić information content (AvgIpc) is 2.77. The van der Waals surface area contributed by atoms with Crippen LogP contribution in [0.4, 0.5) is 4.39 Å². The molecular weight excluding hydrogens is 215 g/mol. The molecule has 0 aliphatic carbocycles. The number of hydrazine groups is 1. The third-order valence-corrected chi connectivity index (χ3v) is 1.82. The van der Waals surface area contributed by atoms with E-state index in [1.165, 1.54) is 18.2 Å². The molecule has 1 heterocycles. The Balaban J connectivity index is 2.35. The van der Waals surface area contributed by atoms with Gasteiger partial charge in [0.1, 0.15) is 5.82 Å². The van der Waals surface area contributed by atoms with Crippen molar-refractivity contribution in [2.75, 3.05) is 0 Å². The fraction of sp³-hybridized carbons (Fsp3) is 0. The first-order valence-corrected chi connectivity index (χ1v) is 4.31. The monoisotopic (exact) mass is 222 g/mol. The number of nitrogens with one attached hydrogen (secondary N) is 1. The van der Waals surface area contributed by atoms with Gasteiger partial charge in [-0.3, -0.25) is 10.2 Å². The van der Waals surface area contributed by atoms with Crippen LogP contribution in [-0.2, 0) is 0 Å². The van der Waals surface area contributed by atoms with E-state index in [1.54, 1.807) is 6.07 Å². The second kappa shape index (κ2) is 4.07. The quantitative estimate of drug-likeness (QED) is 0.438. The third-order valence-electron chi connectivity index (χ3n) is 1.82. The first-order valence-electron chi connectivity index (χ1n) is 4.31. The van der Waals surface area contributed by atoms with Gasteiger partial charge in [0.05, 0.1) is 0 Å². The van der Waals surface area contributed by atoms with E-state index < -0.39 is 11.7 Å². The highest BCUT2D eigenvalue weighted by Crippen LogP contribution is 2.18. The predicted octanol–water partition coefficient (Wildman–Crippen LogP) is 0.479. The largest absolute Gasteiger partial charge is 0.412 e. The fourth-order valence-corrected chi connectivity index (χ4v) is 1.11. The Morgan fingerprint density at radius 1 is 1.44 bits per heavy atom. The van der Waals surface area contributed by atoms with Crippen LogP contribution in [-0.4, -0.2) is 16.1 Å². The number of nitrogen functional groups attached to an aromatic ring is 1. The topological polar surface area (TPSA) is 94.0 Å². The van der Waals surface area contributed by atoms with Gasteiger partial charge in [-0.25, -0.2) is 10.2 Å². The molecule has 0 aliphatic rings. The average molecular weight is 222 g/mol. The highest BCUT2D eigenvalue weighted by atomic mass is 19.1. The first-order chi connectivity index (χ1) is 7.70. The molecule has 2 aromatic rings. The summed E-state index contributed by atoms with van der Waals surface area (Å²) in [6.45, 7) is 0. The Bertz CT molecular complexity index is 526. The molecule has 82 valence electrons. The second-order valence-corrected chi connectivity index (χ2v) is 2.90. The highest BCUT2D eigenvalue weighted by molar-refractivity contribution is 5.89. The van der Waals surface area contributed by atoms with Crippen LogP contribution >= 0.6 is 0 Å². The molecule has 3 N–H and O–H groups in total. The molecule has 0 fully saturated rings. The van der Waals surface area contributed by atoms with Gasteiger partial charge in [0.25, 0.3) is 0 Å². The maximum Gasteiger partial charge on any atom is 0.322 e. The van der Waals surface area contributed by atoms with Gasteiger partial charge < -0.3 is 4.42 Å². The number of carbonyl (C=O) groups excluding carboxylic acids is 1. The van der Waals surface area contributed by atoms with Crippen molar-refractivity contribution in [2.24, 2.45) is 5.84 Å². The molecule has 2 rings (SSSR count). The van der Waals surface area contributed by atoms with Crippen molar-refractivity contribution < 1.29 is 13.6 Å². The van der Waals surface area contributed by atoms with Gasteiger partial charge in [-0.2, -0.15) is 0 Å². The SMILES string of the molecule is NNC(=O)c1nnc(-c2cccc(F)c2)o1. The van der Waals surface area contributed by atoms with Crippen LogP contribution in [0, 0.1) is 5.82 Å². The molecule has 0 radical (unpaired) electrons.